The summed E-state index contributed by atoms with van der Waals surface area (Å²) in [5.74, 6) is 0.725. The van der Waals surface area contributed by atoms with E-state index in [1.54, 1.807) is 0 Å². The van der Waals surface area contributed by atoms with Crippen molar-refractivity contribution in [2.45, 2.75) is 26.9 Å². The van der Waals surface area contributed by atoms with Gasteiger partial charge in [0.2, 0.25) is 0 Å². The molecule has 1 saturated heterocycles. The second kappa shape index (κ2) is 8.86. The van der Waals surface area contributed by atoms with Crippen molar-refractivity contribution in [3.63, 3.8) is 0 Å². The molecule has 1 aliphatic rings. The minimum atomic E-state index is 0.379. The molecule has 0 unspecified atom stereocenters. The number of likely N-dealkylation sites (N-methyl/N-ethyl adjacent to an activating group) is 2. The minimum absolute atomic E-state index is 0.379. The molecule has 0 bridgehead atoms. The quantitative estimate of drug-likeness (QED) is 0.654. The van der Waals surface area contributed by atoms with E-state index in [2.05, 4.69) is 42.9 Å². The van der Waals surface area contributed by atoms with Crippen LogP contribution in [0.3, 0.4) is 0 Å². The van der Waals surface area contributed by atoms with Crippen molar-refractivity contribution >= 4 is 0 Å². The zero-order valence-corrected chi connectivity index (χ0v) is 12.6. The molecule has 1 atom stereocenters. The van der Waals surface area contributed by atoms with E-state index in [-0.39, 0.29) is 0 Å². The Labute approximate surface area is 113 Å². The molecule has 0 aromatic heterocycles. The number of rotatable bonds is 8. The van der Waals surface area contributed by atoms with E-state index in [4.69, 9.17) is 4.74 Å². The lowest BCUT2D eigenvalue weighted by Gasteiger charge is -2.35. The molecule has 0 aliphatic carbocycles. The van der Waals surface area contributed by atoms with Crippen molar-refractivity contribution in [3.05, 3.63) is 0 Å². The number of nitrogens with one attached hydrogen (secondary N) is 1. The maximum absolute atomic E-state index is 5.86. The van der Waals surface area contributed by atoms with Crippen molar-refractivity contribution in [2.75, 3.05) is 59.5 Å². The lowest BCUT2D eigenvalue weighted by molar-refractivity contribution is -0.0408. The second-order valence-electron chi connectivity index (χ2n) is 5.76. The molecule has 0 saturated carbocycles. The van der Waals surface area contributed by atoms with Crippen LogP contribution in [0.25, 0.3) is 0 Å². The Morgan fingerprint density at radius 3 is 2.89 bits per heavy atom. The summed E-state index contributed by atoms with van der Waals surface area (Å²) >= 11 is 0. The van der Waals surface area contributed by atoms with Gasteiger partial charge in [-0.05, 0) is 19.5 Å². The maximum atomic E-state index is 5.86. The number of nitrogens with zero attached hydrogens (tertiary/aromatic N) is 2. The van der Waals surface area contributed by atoms with Crippen LogP contribution in [0.2, 0.25) is 0 Å². The Morgan fingerprint density at radius 1 is 1.44 bits per heavy atom. The third kappa shape index (κ3) is 6.69. The molecule has 0 aromatic carbocycles. The topological polar surface area (TPSA) is 27.7 Å². The lowest BCUT2D eigenvalue weighted by atomic mass is 10.2. The molecule has 1 fully saturated rings. The molecular formula is C14H31N3O. The molecule has 1 heterocycles. The minimum Gasteiger partial charge on any atom is -0.374 e. The molecule has 18 heavy (non-hydrogen) atoms. The summed E-state index contributed by atoms with van der Waals surface area (Å²) < 4.78 is 5.86. The molecule has 0 radical (unpaired) electrons. The van der Waals surface area contributed by atoms with Crippen LogP contribution in [-0.2, 0) is 4.74 Å². The molecule has 1 N–H and O–H groups in total. The molecule has 0 aromatic rings. The summed E-state index contributed by atoms with van der Waals surface area (Å²) in [4.78, 5) is 4.91. The number of ether oxygens (including phenoxy) is 1. The molecule has 0 amide bonds. The molecule has 4 heteroatoms. The van der Waals surface area contributed by atoms with Crippen LogP contribution in [-0.4, -0.2) is 75.4 Å². The van der Waals surface area contributed by atoms with Crippen molar-refractivity contribution in [1.82, 2.24) is 15.1 Å². The van der Waals surface area contributed by atoms with Gasteiger partial charge in [0.15, 0.2) is 0 Å². The van der Waals surface area contributed by atoms with Gasteiger partial charge in [0.25, 0.3) is 0 Å². The third-order valence-corrected chi connectivity index (χ3v) is 3.27. The summed E-state index contributed by atoms with van der Waals surface area (Å²) in [6.07, 6.45) is 0.379. The van der Waals surface area contributed by atoms with Crippen LogP contribution in [0.15, 0.2) is 0 Å². The predicted molar refractivity (Wildman–Crippen MR) is 77.1 cm³/mol. The Morgan fingerprint density at radius 2 is 2.22 bits per heavy atom. The fourth-order valence-corrected chi connectivity index (χ4v) is 2.55. The summed E-state index contributed by atoms with van der Waals surface area (Å²) in [5.41, 5.74) is 0. The molecular weight excluding hydrogens is 226 g/mol. The first kappa shape index (κ1) is 15.9. The van der Waals surface area contributed by atoms with E-state index in [0.717, 1.165) is 58.3 Å². The van der Waals surface area contributed by atoms with Crippen LogP contribution in [0.1, 0.15) is 20.8 Å². The van der Waals surface area contributed by atoms with E-state index in [1.165, 1.54) is 0 Å². The van der Waals surface area contributed by atoms with Gasteiger partial charge in [-0.2, -0.15) is 0 Å². The Kier molecular flexibility index (Phi) is 7.82. The SMILES string of the molecule is CCNCCN1CCO[C@@H](CN(C)CC(C)C)C1. The summed E-state index contributed by atoms with van der Waals surface area (Å²) in [5, 5.41) is 3.38. The van der Waals surface area contributed by atoms with Gasteiger partial charge < -0.3 is 15.0 Å². The molecule has 1 rings (SSSR count). The van der Waals surface area contributed by atoms with Gasteiger partial charge in [0.1, 0.15) is 0 Å². The highest BCUT2D eigenvalue weighted by molar-refractivity contribution is 4.74. The Hall–Kier alpha value is -0.160. The van der Waals surface area contributed by atoms with E-state index in [9.17, 15) is 0 Å². The van der Waals surface area contributed by atoms with Crippen LogP contribution < -0.4 is 5.32 Å². The Balaban J connectivity index is 2.21. The molecule has 1 aliphatic heterocycles. The van der Waals surface area contributed by atoms with Crippen molar-refractivity contribution in [1.29, 1.82) is 0 Å². The number of hydrogen-bond acceptors (Lipinski definition) is 4. The van der Waals surface area contributed by atoms with Gasteiger partial charge in [-0.15, -0.1) is 0 Å². The van der Waals surface area contributed by atoms with Gasteiger partial charge in [-0.25, -0.2) is 0 Å². The highest BCUT2D eigenvalue weighted by atomic mass is 16.5. The average Bonchev–Trinajstić information content (AvgIpc) is 2.28. The van der Waals surface area contributed by atoms with E-state index in [1.807, 2.05) is 0 Å². The zero-order chi connectivity index (χ0) is 13.4. The number of hydrogen-bond donors (Lipinski definition) is 1. The summed E-state index contributed by atoms with van der Waals surface area (Å²) in [6, 6.07) is 0. The molecule has 108 valence electrons. The monoisotopic (exact) mass is 257 g/mol. The molecule has 4 nitrogen and oxygen atoms in total. The van der Waals surface area contributed by atoms with E-state index >= 15 is 0 Å². The normalized spacial score (nSPS) is 22.0. The zero-order valence-electron chi connectivity index (χ0n) is 12.6. The predicted octanol–water partition coefficient (Wildman–Crippen LogP) is 0.885. The van der Waals surface area contributed by atoms with Gasteiger partial charge >= 0.3 is 0 Å². The van der Waals surface area contributed by atoms with E-state index in [0.29, 0.717) is 6.10 Å². The van der Waals surface area contributed by atoms with Crippen LogP contribution in [0.5, 0.6) is 0 Å². The van der Waals surface area contributed by atoms with Gasteiger partial charge in [0.05, 0.1) is 12.7 Å². The first-order chi connectivity index (χ1) is 8.61. The van der Waals surface area contributed by atoms with Gasteiger partial charge in [0, 0.05) is 39.3 Å². The van der Waals surface area contributed by atoms with Gasteiger partial charge in [-0.3, -0.25) is 4.90 Å². The first-order valence-corrected chi connectivity index (χ1v) is 7.35. The highest BCUT2D eigenvalue weighted by Crippen LogP contribution is 2.07. The van der Waals surface area contributed by atoms with Crippen molar-refractivity contribution < 1.29 is 4.74 Å². The smallest absolute Gasteiger partial charge is 0.0829 e. The largest absolute Gasteiger partial charge is 0.374 e. The fraction of sp³-hybridized carbons (Fsp3) is 1.00. The van der Waals surface area contributed by atoms with E-state index < -0.39 is 0 Å². The second-order valence-corrected chi connectivity index (χ2v) is 5.76. The first-order valence-electron chi connectivity index (χ1n) is 7.35. The van der Waals surface area contributed by atoms with Crippen molar-refractivity contribution in [3.8, 4) is 0 Å². The Bertz CT molecular complexity index is 211. The van der Waals surface area contributed by atoms with Crippen LogP contribution in [0.4, 0.5) is 0 Å². The standard InChI is InChI=1S/C14H31N3O/c1-5-15-6-7-17-8-9-18-14(12-17)11-16(4)10-13(2)3/h13-15H,5-12H2,1-4H3/t14-/m0/s1. The maximum Gasteiger partial charge on any atom is 0.0829 e. The summed E-state index contributed by atoms with van der Waals surface area (Å²) in [7, 11) is 2.20. The fourth-order valence-electron chi connectivity index (χ4n) is 2.55. The third-order valence-electron chi connectivity index (χ3n) is 3.27. The van der Waals surface area contributed by atoms with Crippen LogP contribution >= 0.6 is 0 Å². The summed E-state index contributed by atoms with van der Waals surface area (Å²) in [6.45, 7) is 15.2. The highest BCUT2D eigenvalue weighted by Gasteiger charge is 2.21. The van der Waals surface area contributed by atoms with Crippen LogP contribution in [0, 0.1) is 5.92 Å². The lowest BCUT2D eigenvalue weighted by Crippen LogP contribution is -2.48. The van der Waals surface area contributed by atoms with Gasteiger partial charge in [-0.1, -0.05) is 20.8 Å². The van der Waals surface area contributed by atoms with Crippen molar-refractivity contribution in [2.24, 2.45) is 5.92 Å². The molecule has 0 spiro atoms. The average molecular weight is 257 g/mol. The number of morpholine rings is 1.